The van der Waals surface area contributed by atoms with Crippen LogP contribution in [0.25, 0.3) is 10.2 Å². The first-order chi connectivity index (χ1) is 9.20. The van der Waals surface area contributed by atoms with E-state index in [4.69, 9.17) is 5.73 Å². The lowest BCUT2D eigenvalue weighted by atomic mass is 10.2. The Bertz CT molecular complexity index is 624. The highest BCUT2D eigenvalue weighted by atomic mass is 32.1. The summed E-state index contributed by atoms with van der Waals surface area (Å²) in [6.07, 6.45) is 5.02. The molecule has 3 rings (SSSR count). The fraction of sp³-hybridized carbons (Fsp3) is 0.462. The second kappa shape index (κ2) is 4.77. The Kier molecular flexibility index (Phi) is 3.10. The van der Waals surface area contributed by atoms with Gasteiger partial charge in [0.15, 0.2) is 0 Å². The molecule has 2 aromatic rings. The summed E-state index contributed by atoms with van der Waals surface area (Å²) >= 11 is 1.31. The monoisotopic (exact) mass is 276 g/mol. The Hall–Kier alpha value is -1.69. The van der Waals surface area contributed by atoms with Gasteiger partial charge in [0.05, 0.1) is 11.9 Å². The van der Waals surface area contributed by atoms with Crippen molar-refractivity contribution >= 4 is 33.1 Å². The molecule has 1 aliphatic carbocycles. The van der Waals surface area contributed by atoms with Crippen molar-refractivity contribution in [3.05, 3.63) is 17.1 Å². The van der Waals surface area contributed by atoms with Crippen LogP contribution in [0.5, 0.6) is 0 Å². The minimum atomic E-state index is -0.0795. The van der Waals surface area contributed by atoms with Crippen molar-refractivity contribution in [2.45, 2.75) is 32.2 Å². The standard InChI is InChI=1S/C13H16N4OS/c1-2-3-7-6-9(7)16-12(18)11-10(14)8-4-5-15-17-13(8)19-11/h4-5,7,9H,2-3,6,14H2,1H3,(H,16,18). The number of hydrogen-bond donors (Lipinski definition) is 2. The third kappa shape index (κ3) is 2.28. The molecule has 1 saturated carbocycles. The molecule has 3 N–H and O–H groups in total. The average Bonchev–Trinajstić information content (AvgIpc) is 3.04. The third-order valence-corrected chi connectivity index (χ3v) is 4.63. The molecule has 0 aliphatic heterocycles. The molecule has 5 nitrogen and oxygen atoms in total. The second-order valence-electron chi connectivity index (χ2n) is 4.96. The van der Waals surface area contributed by atoms with Crippen molar-refractivity contribution in [2.24, 2.45) is 5.92 Å². The molecule has 100 valence electrons. The predicted molar refractivity (Wildman–Crippen MR) is 76.1 cm³/mol. The molecule has 2 aromatic heterocycles. The van der Waals surface area contributed by atoms with Crippen LogP contribution < -0.4 is 11.1 Å². The minimum absolute atomic E-state index is 0.0795. The number of rotatable bonds is 4. The van der Waals surface area contributed by atoms with Crippen LogP contribution in [0.4, 0.5) is 5.69 Å². The Morgan fingerprint density at radius 3 is 3.21 bits per heavy atom. The molecule has 2 atom stereocenters. The first-order valence-electron chi connectivity index (χ1n) is 6.51. The van der Waals surface area contributed by atoms with Crippen molar-refractivity contribution in [3.63, 3.8) is 0 Å². The van der Waals surface area contributed by atoms with E-state index >= 15 is 0 Å². The quantitative estimate of drug-likeness (QED) is 0.897. The summed E-state index contributed by atoms with van der Waals surface area (Å²) in [4.78, 5) is 13.5. The van der Waals surface area contributed by atoms with Gasteiger partial charge in [-0.1, -0.05) is 13.3 Å². The van der Waals surface area contributed by atoms with Gasteiger partial charge in [-0.05, 0) is 24.8 Å². The van der Waals surface area contributed by atoms with Crippen LogP contribution in [0.2, 0.25) is 0 Å². The number of thiophene rings is 1. The molecule has 2 heterocycles. The number of anilines is 1. The third-order valence-electron chi connectivity index (χ3n) is 3.53. The number of nitrogens with one attached hydrogen (secondary N) is 1. The maximum Gasteiger partial charge on any atom is 0.263 e. The molecule has 6 heteroatoms. The van der Waals surface area contributed by atoms with Gasteiger partial charge in [0.2, 0.25) is 0 Å². The molecular weight excluding hydrogens is 260 g/mol. The van der Waals surface area contributed by atoms with E-state index in [0.29, 0.717) is 27.4 Å². The number of carbonyl (C=O) groups excluding carboxylic acids is 1. The van der Waals surface area contributed by atoms with E-state index in [1.807, 2.05) is 0 Å². The molecule has 1 aliphatic rings. The van der Waals surface area contributed by atoms with Gasteiger partial charge < -0.3 is 11.1 Å². The van der Waals surface area contributed by atoms with Gasteiger partial charge in [0.1, 0.15) is 9.71 Å². The number of fused-ring (bicyclic) bond motifs is 1. The summed E-state index contributed by atoms with van der Waals surface area (Å²) in [5.41, 5.74) is 6.53. The molecule has 2 unspecified atom stereocenters. The van der Waals surface area contributed by atoms with E-state index in [-0.39, 0.29) is 5.91 Å². The Balaban J connectivity index is 1.77. The zero-order chi connectivity index (χ0) is 13.4. The summed E-state index contributed by atoms with van der Waals surface area (Å²) < 4.78 is 0. The van der Waals surface area contributed by atoms with Crippen LogP contribution in [0.15, 0.2) is 12.3 Å². The van der Waals surface area contributed by atoms with E-state index in [2.05, 4.69) is 22.4 Å². The van der Waals surface area contributed by atoms with Crippen molar-refractivity contribution in [1.82, 2.24) is 15.5 Å². The molecule has 0 aromatic carbocycles. The molecule has 1 amide bonds. The van der Waals surface area contributed by atoms with E-state index in [1.54, 1.807) is 12.3 Å². The number of nitrogens with two attached hydrogens (primary N) is 1. The highest BCUT2D eigenvalue weighted by Crippen LogP contribution is 2.36. The van der Waals surface area contributed by atoms with Gasteiger partial charge >= 0.3 is 0 Å². The molecule has 1 fully saturated rings. The lowest BCUT2D eigenvalue weighted by Gasteiger charge is -2.03. The number of hydrogen-bond acceptors (Lipinski definition) is 5. The fourth-order valence-corrected chi connectivity index (χ4v) is 3.33. The summed E-state index contributed by atoms with van der Waals surface area (Å²) in [6.45, 7) is 2.17. The van der Waals surface area contributed by atoms with E-state index in [1.165, 1.54) is 17.8 Å². The highest BCUT2D eigenvalue weighted by molar-refractivity contribution is 7.21. The Morgan fingerprint density at radius 1 is 1.63 bits per heavy atom. The maximum atomic E-state index is 12.2. The number of nitrogen functional groups attached to an aromatic ring is 1. The van der Waals surface area contributed by atoms with Crippen LogP contribution in [-0.4, -0.2) is 22.1 Å². The van der Waals surface area contributed by atoms with Crippen molar-refractivity contribution in [1.29, 1.82) is 0 Å². The average molecular weight is 276 g/mol. The molecule has 0 saturated heterocycles. The van der Waals surface area contributed by atoms with Gasteiger partial charge in [-0.3, -0.25) is 4.79 Å². The van der Waals surface area contributed by atoms with Crippen molar-refractivity contribution in [2.75, 3.05) is 5.73 Å². The lowest BCUT2D eigenvalue weighted by molar-refractivity contribution is 0.0954. The summed E-state index contributed by atoms with van der Waals surface area (Å²) in [5, 5.41) is 11.7. The van der Waals surface area contributed by atoms with Crippen molar-refractivity contribution in [3.8, 4) is 0 Å². The maximum absolute atomic E-state index is 12.2. The topological polar surface area (TPSA) is 80.9 Å². The molecule has 19 heavy (non-hydrogen) atoms. The SMILES string of the molecule is CCCC1CC1NC(=O)c1sc2nnccc2c1N. The molecule has 0 bridgehead atoms. The van der Waals surface area contributed by atoms with Crippen LogP contribution >= 0.6 is 11.3 Å². The zero-order valence-corrected chi connectivity index (χ0v) is 11.5. The molecule has 0 radical (unpaired) electrons. The van der Waals surface area contributed by atoms with Gasteiger partial charge in [-0.2, -0.15) is 5.10 Å². The van der Waals surface area contributed by atoms with Crippen molar-refractivity contribution < 1.29 is 4.79 Å². The first-order valence-corrected chi connectivity index (χ1v) is 7.33. The smallest absolute Gasteiger partial charge is 0.263 e. The van der Waals surface area contributed by atoms with Gasteiger partial charge in [0.25, 0.3) is 5.91 Å². The summed E-state index contributed by atoms with van der Waals surface area (Å²) in [5.74, 6) is 0.563. The fourth-order valence-electron chi connectivity index (χ4n) is 2.39. The highest BCUT2D eigenvalue weighted by Gasteiger charge is 2.37. The minimum Gasteiger partial charge on any atom is -0.397 e. The van der Waals surface area contributed by atoms with E-state index < -0.39 is 0 Å². The second-order valence-corrected chi connectivity index (χ2v) is 5.96. The van der Waals surface area contributed by atoms with Crippen LogP contribution in [-0.2, 0) is 0 Å². The predicted octanol–water partition coefficient (Wildman–Crippen LogP) is 2.19. The molecule has 0 spiro atoms. The van der Waals surface area contributed by atoms with E-state index in [9.17, 15) is 4.79 Å². The summed E-state index contributed by atoms with van der Waals surface area (Å²) in [6, 6.07) is 2.12. The largest absolute Gasteiger partial charge is 0.397 e. The van der Waals surface area contributed by atoms with Gasteiger partial charge in [0, 0.05) is 11.4 Å². The number of nitrogens with zero attached hydrogens (tertiary/aromatic N) is 2. The number of amides is 1. The Labute approximate surface area is 115 Å². The van der Waals surface area contributed by atoms with Gasteiger partial charge in [-0.15, -0.1) is 16.4 Å². The Morgan fingerprint density at radius 2 is 2.47 bits per heavy atom. The zero-order valence-electron chi connectivity index (χ0n) is 10.7. The van der Waals surface area contributed by atoms with Crippen LogP contribution in [0.1, 0.15) is 35.9 Å². The van der Waals surface area contributed by atoms with Crippen LogP contribution in [0, 0.1) is 5.92 Å². The van der Waals surface area contributed by atoms with E-state index in [0.717, 1.165) is 18.2 Å². The van der Waals surface area contributed by atoms with Gasteiger partial charge in [-0.25, -0.2) is 0 Å². The number of aromatic nitrogens is 2. The lowest BCUT2D eigenvalue weighted by Crippen LogP contribution is -2.26. The first kappa shape index (κ1) is 12.3. The molecular formula is C13H16N4OS. The normalized spacial score (nSPS) is 21.5. The van der Waals surface area contributed by atoms with Crippen LogP contribution in [0.3, 0.4) is 0 Å². The summed E-state index contributed by atoms with van der Waals surface area (Å²) in [7, 11) is 0. The number of carbonyl (C=O) groups is 1.